The van der Waals surface area contributed by atoms with E-state index < -0.39 is 0 Å². The Kier molecular flexibility index (Phi) is 5.33. The number of nitrogens with zero attached hydrogens (tertiary/aromatic N) is 3. The predicted octanol–water partition coefficient (Wildman–Crippen LogP) is 1.67. The van der Waals surface area contributed by atoms with Gasteiger partial charge in [-0.05, 0) is 36.8 Å². The summed E-state index contributed by atoms with van der Waals surface area (Å²) in [5.74, 6) is 0.0965. The third-order valence-corrected chi connectivity index (χ3v) is 4.41. The first-order chi connectivity index (χ1) is 11.6. The number of rotatable bonds is 5. The lowest BCUT2D eigenvalue weighted by Gasteiger charge is -2.35. The van der Waals surface area contributed by atoms with Crippen molar-refractivity contribution in [3.8, 4) is 0 Å². The van der Waals surface area contributed by atoms with Crippen molar-refractivity contribution in [1.29, 1.82) is 0 Å². The van der Waals surface area contributed by atoms with Gasteiger partial charge in [0.15, 0.2) is 0 Å². The molecule has 1 aromatic heterocycles. The molecule has 3 rings (SSSR count). The number of piperazine rings is 1. The van der Waals surface area contributed by atoms with Crippen LogP contribution in [0.15, 0.2) is 48.8 Å². The van der Waals surface area contributed by atoms with Crippen molar-refractivity contribution < 1.29 is 9.90 Å². The quantitative estimate of drug-likeness (QED) is 0.909. The lowest BCUT2D eigenvalue weighted by Crippen LogP contribution is -2.50. The van der Waals surface area contributed by atoms with Crippen LogP contribution in [0.3, 0.4) is 0 Å². The lowest BCUT2D eigenvalue weighted by atomic mass is 10.1. The second-order valence-corrected chi connectivity index (χ2v) is 6.49. The SMILES string of the molecule is C[C@H](O)CN1CCN(C(=O)c2ccc(Cn3cccc3)cc2)CC1. The molecule has 1 saturated heterocycles. The van der Waals surface area contributed by atoms with Crippen molar-refractivity contribution in [2.24, 2.45) is 0 Å². The van der Waals surface area contributed by atoms with Crippen molar-refractivity contribution in [3.63, 3.8) is 0 Å². The Morgan fingerprint density at radius 3 is 2.29 bits per heavy atom. The average molecular weight is 327 g/mol. The van der Waals surface area contributed by atoms with Crippen LogP contribution in [0, 0.1) is 0 Å². The van der Waals surface area contributed by atoms with Gasteiger partial charge in [0.25, 0.3) is 5.91 Å². The Hall–Kier alpha value is -2.11. The highest BCUT2D eigenvalue weighted by Gasteiger charge is 2.22. The van der Waals surface area contributed by atoms with Gasteiger partial charge in [-0.25, -0.2) is 0 Å². The van der Waals surface area contributed by atoms with Gasteiger partial charge in [-0.2, -0.15) is 0 Å². The van der Waals surface area contributed by atoms with Crippen LogP contribution in [-0.2, 0) is 6.54 Å². The Balaban J connectivity index is 1.55. The number of β-amino-alcohol motifs (C(OH)–C–C–N with tert-alkyl or cyclic N) is 1. The molecule has 128 valence electrons. The molecular formula is C19H25N3O2. The van der Waals surface area contributed by atoms with E-state index in [1.807, 2.05) is 53.7 Å². The third kappa shape index (κ3) is 4.24. The number of aromatic nitrogens is 1. The Morgan fingerprint density at radius 1 is 1.08 bits per heavy atom. The minimum absolute atomic E-state index is 0.0965. The van der Waals surface area contributed by atoms with Gasteiger partial charge in [0.1, 0.15) is 0 Å². The maximum atomic E-state index is 12.6. The molecule has 1 aliphatic rings. The summed E-state index contributed by atoms with van der Waals surface area (Å²) in [7, 11) is 0. The number of amides is 1. The minimum Gasteiger partial charge on any atom is -0.392 e. The Labute approximate surface area is 143 Å². The van der Waals surface area contributed by atoms with Gasteiger partial charge in [-0.3, -0.25) is 9.69 Å². The molecule has 0 saturated carbocycles. The summed E-state index contributed by atoms with van der Waals surface area (Å²) in [4.78, 5) is 16.7. The summed E-state index contributed by atoms with van der Waals surface area (Å²) in [5.41, 5.74) is 1.93. The molecule has 1 aliphatic heterocycles. The molecule has 1 fully saturated rings. The van der Waals surface area contributed by atoms with Crippen molar-refractivity contribution >= 4 is 5.91 Å². The van der Waals surface area contributed by atoms with Crippen LogP contribution in [0.1, 0.15) is 22.8 Å². The summed E-state index contributed by atoms with van der Waals surface area (Å²) < 4.78 is 2.11. The zero-order valence-corrected chi connectivity index (χ0v) is 14.1. The first-order valence-corrected chi connectivity index (χ1v) is 8.51. The van der Waals surface area contributed by atoms with Crippen LogP contribution in [0.4, 0.5) is 0 Å². The van der Waals surface area contributed by atoms with Crippen LogP contribution in [0.2, 0.25) is 0 Å². The van der Waals surface area contributed by atoms with E-state index in [2.05, 4.69) is 9.47 Å². The molecule has 2 aromatic rings. The molecule has 5 nitrogen and oxygen atoms in total. The van der Waals surface area contributed by atoms with E-state index in [1.165, 1.54) is 5.56 Å². The number of carbonyl (C=O) groups excluding carboxylic acids is 1. The molecule has 0 spiro atoms. The summed E-state index contributed by atoms with van der Waals surface area (Å²) >= 11 is 0. The van der Waals surface area contributed by atoms with Gasteiger partial charge < -0.3 is 14.6 Å². The minimum atomic E-state index is -0.319. The number of hydrogen-bond donors (Lipinski definition) is 1. The fourth-order valence-corrected chi connectivity index (χ4v) is 3.13. The zero-order valence-electron chi connectivity index (χ0n) is 14.1. The molecule has 1 N–H and O–H groups in total. The van der Waals surface area contributed by atoms with Gasteiger partial charge in [0, 0.05) is 57.2 Å². The third-order valence-electron chi connectivity index (χ3n) is 4.41. The molecule has 5 heteroatoms. The number of carbonyl (C=O) groups is 1. The van der Waals surface area contributed by atoms with Crippen LogP contribution in [0.5, 0.6) is 0 Å². The van der Waals surface area contributed by atoms with Crippen molar-refractivity contribution in [2.75, 3.05) is 32.7 Å². The maximum Gasteiger partial charge on any atom is 0.253 e. The average Bonchev–Trinajstić information content (AvgIpc) is 3.08. The van der Waals surface area contributed by atoms with E-state index in [4.69, 9.17) is 0 Å². The number of aliphatic hydroxyl groups is 1. The fraction of sp³-hybridized carbons (Fsp3) is 0.421. The maximum absolute atomic E-state index is 12.6. The summed E-state index contributed by atoms with van der Waals surface area (Å²) in [5, 5.41) is 9.45. The summed E-state index contributed by atoms with van der Waals surface area (Å²) in [6.07, 6.45) is 3.75. The standard InChI is InChI=1S/C19H25N3O2/c1-16(23)14-21-10-12-22(13-11-21)19(24)18-6-4-17(5-7-18)15-20-8-2-3-9-20/h2-9,16,23H,10-15H2,1H3/t16-/m0/s1. The Morgan fingerprint density at radius 2 is 1.71 bits per heavy atom. The highest BCUT2D eigenvalue weighted by Crippen LogP contribution is 2.12. The molecule has 0 bridgehead atoms. The predicted molar refractivity (Wildman–Crippen MR) is 94.0 cm³/mol. The smallest absolute Gasteiger partial charge is 0.253 e. The molecule has 24 heavy (non-hydrogen) atoms. The molecule has 1 atom stereocenters. The van der Waals surface area contributed by atoms with Crippen molar-refractivity contribution in [2.45, 2.75) is 19.6 Å². The van der Waals surface area contributed by atoms with Gasteiger partial charge in [0.05, 0.1) is 6.10 Å². The molecule has 0 radical (unpaired) electrons. The van der Waals surface area contributed by atoms with Crippen LogP contribution >= 0.6 is 0 Å². The lowest BCUT2D eigenvalue weighted by molar-refractivity contribution is 0.0554. The highest BCUT2D eigenvalue weighted by atomic mass is 16.3. The summed E-state index contributed by atoms with van der Waals surface area (Å²) in [6, 6.07) is 11.9. The van der Waals surface area contributed by atoms with Crippen LogP contribution < -0.4 is 0 Å². The summed E-state index contributed by atoms with van der Waals surface area (Å²) in [6.45, 7) is 6.38. The van der Waals surface area contributed by atoms with E-state index in [0.717, 1.165) is 38.3 Å². The zero-order chi connectivity index (χ0) is 16.9. The van der Waals surface area contributed by atoms with Crippen molar-refractivity contribution in [3.05, 3.63) is 59.9 Å². The molecule has 1 amide bonds. The number of hydrogen-bond acceptors (Lipinski definition) is 3. The molecule has 1 aromatic carbocycles. The van der Waals surface area contributed by atoms with E-state index in [0.29, 0.717) is 6.54 Å². The largest absolute Gasteiger partial charge is 0.392 e. The first kappa shape index (κ1) is 16.7. The van der Waals surface area contributed by atoms with Gasteiger partial charge >= 0.3 is 0 Å². The Bertz CT molecular complexity index is 642. The van der Waals surface area contributed by atoms with Gasteiger partial charge in [-0.1, -0.05) is 12.1 Å². The molecule has 2 heterocycles. The molecule has 0 unspecified atom stereocenters. The van der Waals surface area contributed by atoms with Crippen LogP contribution in [0.25, 0.3) is 0 Å². The van der Waals surface area contributed by atoms with E-state index >= 15 is 0 Å². The second-order valence-electron chi connectivity index (χ2n) is 6.49. The van der Waals surface area contributed by atoms with E-state index in [9.17, 15) is 9.90 Å². The highest BCUT2D eigenvalue weighted by molar-refractivity contribution is 5.94. The van der Waals surface area contributed by atoms with E-state index in [-0.39, 0.29) is 12.0 Å². The van der Waals surface area contributed by atoms with Gasteiger partial charge in [0.2, 0.25) is 0 Å². The van der Waals surface area contributed by atoms with E-state index in [1.54, 1.807) is 6.92 Å². The number of benzene rings is 1. The second kappa shape index (κ2) is 7.64. The van der Waals surface area contributed by atoms with Crippen molar-refractivity contribution in [1.82, 2.24) is 14.4 Å². The fourth-order valence-electron chi connectivity index (χ4n) is 3.13. The number of aliphatic hydroxyl groups excluding tert-OH is 1. The van der Waals surface area contributed by atoms with Crippen LogP contribution in [-0.4, -0.2) is 64.2 Å². The van der Waals surface area contributed by atoms with Gasteiger partial charge in [-0.15, -0.1) is 0 Å². The monoisotopic (exact) mass is 327 g/mol. The first-order valence-electron chi connectivity index (χ1n) is 8.51. The topological polar surface area (TPSA) is 48.7 Å². The normalized spacial score (nSPS) is 17.0. The molecule has 0 aliphatic carbocycles. The molecular weight excluding hydrogens is 302 g/mol.